The van der Waals surface area contributed by atoms with E-state index in [9.17, 15) is 9.59 Å². The molecular formula is C15H21N3O3. The SMILES string of the molecule is CN1CCN(CCOc2ccc(CCN)cc2)C(=O)C1=O. The summed E-state index contributed by atoms with van der Waals surface area (Å²) in [6.45, 7) is 2.54. The molecule has 1 saturated heterocycles. The lowest BCUT2D eigenvalue weighted by molar-refractivity contribution is -0.155. The number of amides is 2. The molecule has 2 rings (SSSR count). The largest absolute Gasteiger partial charge is 0.492 e. The monoisotopic (exact) mass is 291 g/mol. The Bertz CT molecular complexity index is 501. The maximum Gasteiger partial charge on any atom is 0.312 e. The first kappa shape index (κ1) is 15.3. The maximum absolute atomic E-state index is 11.8. The van der Waals surface area contributed by atoms with Crippen molar-refractivity contribution in [1.82, 2.24) is 9.80 Å². The van der Waals surface area contributed by atoms with Gasteiger partial charge in [-0.2, -0.15) is 0 Å². The highest BCUT2D eigenvalue weighted by atomic mass is 16.5. The lowest BCUT2D eigenvalue weighted by atomic mass is 10.1. The number of benzene rings is 1. The highest BCUT2D eigenvalue weighted by Crippen LogP contribution is 2.12. The predicted octanol–water partition coefficient (Wildman–Crippen LogP) is -0.133. The number of likely N-dealkylation sites (N-methyl/N-ethyl adjacent to an activating group) is 1. The van der Waals surface area contributed by atoms with E-state index in [2.05, 4.69) is 0 Å². The molecule has 1 aromatic rings. The third kappa shape index (κ3) is 3.95. The summed E-state index contributed by atoms with van der Waals surface area (Å²) in [4.78, 5) is 26.3. The van der Waals surface area contributed by atoms with E-state index >= 15 is 0 Å². The van der Waals surface area contributed by atoms with Crippen LogP contribution in [0.3, 0.4) is 0 Å². The molecule has 1 aliphatic rings. The quantitative estimate of drug-likeness (QED) is 0.741. The molecule has 21 heavy (non-hydrogen) atoms. The molecule has 1 aromatic carbocycles. The molecule has 0 bridgehead atoms. The molecule has 1 aliphatic heterocycles. The molecule has 2 amide bonds. The minimum absolute atomic E-state index is 0.374. The third-order valence-corrected chi connectivity index (χ3v) is 3.51. The minimum atomic E-state index is -0.453. The molecule has 0 aromatic heterocycles. The van der Waals surface area contributed by atoms with Gasteiger partial charge in [0.05, 0.1) is 6.54 Å². The zero-order chi connectivity index (χ0) is 15.2. The van der Waals surface area contributed by atoms with E-state index < -0.39 is 11.8 Å². The van der Waals surface area contributed by atoms with E-state index in [1.807, 2.05) is 24.3 Å². The van der Waals surface area contributed by atoms with E-state index in [1.165, 1.54) is 15.4 Å². The van der Waals surface area contributed by atoms with Gasteiger partial charge in [-0.1, -0.05) is 12.1 Å². The number of hydrogen-bond donors (Lipinski definition) is 1. The zero-order valence-corrected chi connectivity index (χ0v) is 12.2. The second-order valence-corrected chi connectivity index (χ2v) is 5.05. The van der Waals surface area contributed by atoms with Gasteiger partial charge < -0.3 is 20.3 Å². The van der Waals surface area contributed by atoms with Gasteiger partial charge >= 0.3 is 11.8 Å². The predicted molar refractivity (Wildman–Crippen MR) is 78.9 cm³/mol. The molecule has 0 radical (unpaired) electrons. The molecule has 0 spiro atoms. The van der Waals surface area contributed by atoms with Crippen LogP contribution >= 0.6 is 0 Å². The van der Waals surface area contributed by atoms with E-state index in [0.29, 0.717) is 32.8 Å². The summed E-state index contributed by atoms with van der Waals surface area (Å²) in [6, 6.07) is 7.74. The zero-order valence-electron chi connectivity index (χ0n) is 12.2. The van der Waals surface area contributed by atoms with Gasteiger partial charge in [0, 0.05) is 20.1 Å². The fraction of sp³-hybridized carbons (Fsp3) is 0.467. The van der Waals surface area contributed by atoms with Gasteiger partial charge in [-0.15, -0.1) is 0 Å². The van der Waals surface area contributed by atoms with Crippen LogP contribution in [0.1, 0.15) is 5.56 Å². The molecule has 0 atom stereocenters. The van der Waals surface area contributed by atoms with Crippen molar-refractivity contribution < 1.29 is 14.3 Å². The van der Waals surface area contributed by atoms with Crippen molar-refractivity contribution in [2.24, 2.45) is 5.73 Å². The van der Waals surface area contributed by atoms with Crippen LogP contribution in [-0.2, 0) is 16.0 Å². The number of carbonyl (C=O) groups excluding carboxylic acids is 2. The molecule has 2 N–H and O–H groups in total. The summed E-state index contributed by atoms with van der Waals surface area (Å²) in [5.74, 6) is -0.151. The van der Waals surface area contributed by atoms with Crippen LogP contribution in [0.4, 0.5) is 0 Å². The molecular weight excluding hydrogens is 270 g/mol. The lowest BCUT2D eigenvalue weighted by Gasteiger charge is -2.31. The smallest absolute Gasteiger partial charge is 0.312 e. The van der Waals surface area contributed by atoms with Gasteiger partial charge in [-0.3, -0.25) is 9.59 Å². The Morgan fingerprint density at radius 2 is 1.86 bits per heavy atom. The van der Waals surface area contributed by atoms with Crippen molar-refractivity contribution in [3.63, 3.8) is 0 Å². The minimum Gasteiger partial charge on any atom is -0.492 e. The summed E-state index contributed by atoms with van der Waals surface area (Å²) >= 11 is 0. The maximum atomic E-state index is 11.8. The van der Waals surface area contributed by atoms with E-state index in [0.717, 1.165) is 12.2 Å². The summed E-state index contributed by atoms with van der Waals surface area (Å²) < 4.78 is 5.60. The molecule has 1 heterocycles. The van der Waals surface area contributed by atoms with E-state index in [1.54, 1.807) is 7.05 Å². The first-order valence-corrected chi connectivity index (χ1v) is 7.08. The van der Waals surface area contributed by atoms with E-state index in [4.69, 9.17) is 10.5 Å². The van der Waals surface area contributed by atoms with Crippen LogP contribution in [0.5, 0.6) is 5.75 Å². The molecule has 114 valence electrons. The summed E-state index contributed by atoms with van der Waals surface area (Å²) in [6.07, 6.45) is 0.845. The van der Waals surface area contributed by atoms with Crippen molar-refractivity contribution in [3.8, 4) is 5.75 Å². The molecule has 1 fully saturated rings. The highest BCUT2D eigenvalue weighted by molar-refractivity contribution is 6.35. The number of carbonyl (C=O) groups is 2. The topological polar surface area (TPSA) is 75.9 Å². The summed E-state index contributed by atoms with van der Waals surface area (Å²) in [5.41, 5.74) is 6.67. The van der Waals surface area contributed by atoms with Gasteiger partial charge in [-0.05, 0) is 30.7 Å². The fourth-order valence-electron chi connectivity index (χ4n) is 2.18. The average Bonchev–Trinajstić information content (AvgIpc) is 2.49. The molecule has 6 nitrogen and oxygen atoms in total. The number of nitrogens with zero attached hydrogens (tertiary/aromatic N) is 2. The normalized spacial score (nSPS) is 15.5. The summed E-state index contributed by atoms with van der Waals surface area (Å²) in [7, 11) is 1.64. The van der Waals surface area contributed by atoms with Crippen LogP contribution in [-0.4, -0.2) is 61.4 Å². The highest BCUT2D eigenvalue weighted by Gasteiger charge is 2.29. The molecule has 0 unspecified atom stereocenters. The second-order valence-electron chi connectivity index (χ2n) is 5.05. The Kier molecular flexibility index (Phi) is 5.16. The van der Waals surface area contributed by atoms with Gasteiger partial charge in [0.15, 0.2) is 0 Å². The van der Waals surface area contributed by atoms with Crippen molar-refractivity contribution in [1.29, 1.82) is 0 Å². The summed E-state index contributed by atoms with van der Waals surface area (Å²) in [5, 5.41) is 0. The Morgan fingerprint density at radius 1 is 1.14 bits per heavy atom. The molecule has 0 saturated carbocycles. The van der Waals surface area contributed by atoms with Crippen molar-refractivity contribution >= 4 is 11.8 Å². The van der Waals surface area contributed by atoms with Crippen molar-refractivity contribution in [2.75, 3.05) is 39.8 Å². The first-order valence-electron chi connectivity index (χ1n) is 7.08. The van der Waals surface area contributed by atoms with Gasteiger partial charge in [0.1, 0.15) is 12.4 Å². The van der Waals surface area contributed by atoms with Crippen LogP contribution < -0.4 is 10.5 Å². The first-order chi connectivity index (χ1) is 10.1. The second kappa shape index (κ2) is 7.08. The van der Waals surface area contributed by atoms with Crippen LogP contribution in [0.2, 0.25) is 0 Å². The van der Waals surface area contributed by atoms with Crippen molar-refractivity contribution in [3.05, 3.63) is 29.8 Å². The van der Waals surface area contributed by atoms with Gasteiger partial charge in [0.25, 0.3) is 0 Å². The lowest BCUT2D eigenvalue weighted by Crippen LogP contribution is -2.53. The Balaban J connectivity index is 1.79. The van der Waals surface area contributed by atoms with Gasteiger partial charge in [0.2, 0.25) is 0 Å². The van der Waals surface area contributed by atoms with Crippen LogP contribution in [0, 0.1) is 0 Å². The number of hydrogen-bond acceptors (Lipinski definition) is 4. The van der Waals surface area contributed by atoms with E-state index in [-0.39, 0.29) is 0 Å². The Morgan fingerprint density at radius 3 is 2.52 bits per heavy atom. The number of rotatable bonds is 6. The van der Waals surface area contributed by atoms with Crippen molar-refractivity contribution in [2.45, 2.75) is 6.42 Å². The van der Waals surface area contributed by atoms with Gasteiger partial charge in [-0.25, -0.2) is 0 Å². The Labute approximate surface area is 124 Å². The fourth-order valence-corrected chi connectivity index (χ4v) is 2.18. The molecule has 6 heteroatoms. The van der Waals surface area contributed by atoms with Crippen LogP contribution in [0.15, 0.2) is 24.3 Å². The number of piperazine rings is 1. The standard InChI is InChI=1S/C15H21N3O3/c1-17-8-9-18(15(20)14(17)19)10-11-21-13-4-2-12(3-5-13)6-7-16/h2-5H,6-11,16H2,1H3. The van der Waals surface area contributed by atoms with Crippen LogP contribution in [0.25, 0.3) is 0 Å². The molecule has 0 aliphatic carbocycles. The average molecular weight is 291 g/mol. The third-order valence-electron chi connectivity index (χ3n) is 3.51. The number of ether oxygens (including phenoxy) is 1. The Hall–Kier alpha value is -2.08. The number of nitrogens with two attached hydrogens (primary N) is 1.